The topological polar surface area (TPSA) is 55.6 Å². The maximum Gasteiger partial charge on any atom is 0.138 e. The molecule has 0 fully saturated rings. The van der Waals surface area contributed by atoms with E-state index in [0.29, 0.717) is 5.02 Å². The molecule has 0 aliphatic rings. The Kier molecular flexibility index (Phi) is 3.66. The van der Waals surface area contributed by atoms with Crippen LogP contribution in [0.5, 0.6) is 0 Å². The quantitative estimate of drug-likeness (QED) is 0.801. The Balaban J connectivity index is 1.96. The van der Waals surface area contributed by atoms with Crippen LogP contribution in [0.2, 0.25) is 5.02 Å². The molecule has 0 aliphatic heterocycles. The lowest BCUT2D eigenvalue weighted by molar-refractivity contribution is 0.833. The predicted molar refractivity (Wildman–Crippen MR) is 80.5 cm³/mol. The van der Waals surface area contributed by atoms with Gasteiger partial charge in [-0.25, -0.2) is 14.6 Å². The third-order valence-electron chi connectivity index (χ3n) is 2.90. The summed E-state index contributed by atoms with van der Waals surface area (Å²) in [6.45, 7) is 2.06. The van der Waals surface area contributed by atoms with Crippen LogP contribution in [0.1, 0.15) is 18.7 Å². The largest absolute Gasteiger partial charge is 0.375 e. The first-order chi connectivity index (χ1) is 9.75. The van der Waals surface area contributed by atoms with E-state index in [1.54, 1.807) is 22.3 Å². The Bertz CT molecular complexity index is 681. The summed E-state index contributed by atoms with van der Waals surface area (Å²) in [4.78, 5) is 8.28. The number of para-hydroxylation sites is 1. The lowest BCUT2D eigenvalue weighted by Crippen LogP contribution is -2.10. The number of rotatable bonds is 4. The molecule has 2 aromatic heterocycles. The Labute approximate surface area is 125 Å². The van der Waals surface area contributed by atoms with Gasteiger partial charge in [0.25, 0.3) is 0 Å². The second-order valence-corrected chi connectivity index (χ2v) is 5.38. The zero-order valence-corrected chi connectivity index (χ0v) is 12.3. The van der Waals surface area contributed by atoms with Crippen molar-refractivity contribution in [3.63, 3.8) is 0 Å². The number of anilines is 1. The van der Waals surface area contributed by atoms with Crippen LogP contribution in [0.15, 0.2) is 41.7 Å². The van der Waals surface area contributed by atoms with E-state index in [-0.39, 0.29) is 6.04 Å². The van der Waals surface area contributed by atoms with Gasteiger partial charge in [0, 0.05) is 5.38 Å². The number of nitrogens with one attached hydrogen (secondary N) is 1. The second kappa shape index (κ2) is 5.60. The van der Waals surface area contributed by atoms with Gasteiger partial charge in [-0.3, -0.25) is 0 Å². The third kappa shape index (κ3) is 2.52. The minimum atomic E-state index is 0.0852. The van der Waals surface area contributed by atoms with Crippen LogP contribution in [0.3, 0.4) is 0 Å². The van der Waals surface area contributed by atoms with Gasteiger partial charge in [-0.1, -0.05) is 17.7 Å². The number of nitrogens with zero attached hydrogens (tertiary/aromatic N) is 4. The molecule has 0 bridgehead atoms. The summed E-state index contributed by atoms with van der Waals surface area (Å²) >= 11 is 7.87. The molecule has 1 unspecified atom stereocenters. The van der Waals surface area contributed by atoms with Crippen molar-refractivity contribution in [2.45, 2.75) is 13.0 Å². The standard InChI is InChI=1S/C13H12ClN5S/c1-9(12-5-20-8-16-12)18-11-4-2-3-10(14)13(11)19-7-15-6-17-19/h2-9,18H,1H3. The average molecular weight is 306 g/mol. The smallest absolute Gasteiger partial charge is 0.138 e. The summed E-state index contributed by atoms with van der Waals surface area (Å²) in [5.74, 6) is 0. The van der Waals surface area contributed by atoms with E-state index in [1.807, 2.05) is 29.1 Å². The first-order valence-electron chi connectivity index (χ1n) is 6.04. The van der Waals surface area contributed by atoms with E-state index in [9.17, 15) is 0 Å². The van der Waals surface area contributed by atoms with Gasteiger partial charge in [0.2, 0.25) is 0 Å². The molecule has 3 aromatic rings. The Morgan fingerprint density at radius 2 is 2.30 bits per heavy atom. The molecule has 0 spiro atoms. The zero-order chi connectivity index (χ0) is 13.9. The summed E-state index contributed by atoms with van der Waals surface area (Å²) in [6.07, 6.45) is 3.11. The van der Waals surface area contributed by atoms with Crippen molar-refractivity contribution in [2.75, 3.05) is 5.32 Å². The van der Waals surface area contributed by atoms with Crippen molar-refractivity contribution in [1.29, 1.82) is 0 Å². The van der Waals surface area contributed by atoms with Crippen LogP contribution in [0, 0.1) is 0 Å². The van der Waals surface area contributed by atoms with Crippen molar-refractivity contribution in [3.05, 3.63) is 52.5 Å². The highest BCUT2D eigenvalue weighted by atomic mass is 35.5. The van der Waals surface area contributed by atoms with E-state index >= 15 is 0 Å². The maximum atomic E-state index is 6.29. The molecule has 0 radical (unpaired) electrons. The Morgan fingerprint density at radius 1 is 1.40 bits per heavy atom. The van der Waals surface area contributed by atoms with Gasteiger partial charge < -0.3 is 5.32 Å². The number of benzene rings is 1. The third-order valence-corrected chi connectivity index (χ3v) is 3.81. The van der Waals surface area contributed by atoms with Crippen LogP contribution in [-0.2, 0) is 0 Å². The molecular weight excluding hydrogens is 294 g/mol. The van der Waals surface area contributed by atoms with Crippen molar-refractivity contribution >= 4 is 28.6 Å². The van der Waals surface area contributed by atoms with Crippen molar-refractivity contribution in [1.82, 2.24) is 19.7 Å². The number of hydrogen-bond donors (Lipinski definition) is 1. The fourth-order valence-corrected chi connectivity index (χ4v) is 2.84. The first-order valence-corrected chi connectivity index (χ1v) is 7.36. The Hall–Kier alpha value is -1.92. The van der Waals surface area contributed by atoms with Gasteiger partial charge in [-0.05, 0) is 19.1 Å². The van der Waals surface area contributed by atoms with E-state index in [2.05, 4.69) is 27.3 Å². The molecule has 0 saturated carbocycles. The molecule has 1 atom stereocenters. The number of aromatic nitrogens is 4. The highest BCUT2D eigenvalue weighted by Crippen LogP contribution is 2.30. The van der Waals surface area contributed by atoms with Crippen LogP contribution >= 0.6 is 22.9 Å². The van der Waals surface area contributed by atoms with Crippen LogP contribution in [0.4, 0.5) is 5.69 Å². The average Bonchev–Trinajstić information content (AvgIpc) is 3.12. The lowest BCUT2D eigenvalue weighted by Gasteiger charge is -2.17. The van der Waals surface area contributed by atoms with Gasteiger partial charge in [0.05, 0.1) is 28.0 Å². The molecular formula is C13H12ClN5S. The van der Waals surface area contributed by atoms with Crippen molar-refractivity contribution in [3.8, 4) is 5.69 Å². The zero-order valence-electron chi connectivity index (χ0n) is 10.7. The monoisotopic (exact) mass is 305 g/mol. The van der Waals surface area contributed by atoms with Gasteiger partial charge in [0.15, 0.2) is 0 Å². The summed E-state index contributed by atoms with van der Waals surface area (Å²) in [6, 6.07) is 5.78. The summed E-state index contributed by atoms with van der Waals surface area (Å²) in [7, 11) is 0. The maximum absolute atomic E-state index is 6.29. The summed E-state index contributed by atoms with van der Waals surface area (Å²) in [5, 5.41) is 10.2. The molecule has 102 valence electrons. The normalized spacial score (nSPS) is 12.3. The van der Waals surface area contributed by atoms with Crippen LogP contribution in [0.25, 0.3) is 5.69 Å². The van der Waals surface area contributed by atoms with Gasteiger partial charge >= 0.3 is 0 Å². The minimum Gasteiger partial charge on any atom is -0.375 e. The van der Waals surface area contributed by atoms with Gasteiger partial charge in [0.1, 0.15) is 18.3 Å². The molecule has 1 aromatic carbocycles. The van der Waals surface area contributed by atoms with Gasteiger partial charge in [-0.15, -0.1) is 11.3 Å². The number of thiazole rings is 1. The molecule has 2 heterocycles. The molecule has 20 heavy (non-hydrogen) atoms. The number of hydrogen-bond acceptors (Lipinski definition) is 5. The summed E-state index contributed by atoms with van der Waals surface area (Å²) in [5.41, 5.74) is 4.50. The Morgan fingerprint density at radius 3 is 3.00 bits per heavy atom. The molecule has 5 nitrogen and oxygen atoms in total. The minimum absolute atomic E-state index is 0.0852. The SMILES string of the molecule is CC(Nc1cccc(Cl)c1-n1cncn1)c1cscn1. The molecule has 0 amide bonds. The molecule has 0 aliphatic carbocycles. The molecule has 1 N–H and O–H groups in total. The van der Waals surface area contributed by atoms with Crippen LogP contribution in [-0.4, -0.2) is 19.7 Å². The van der Waals surface area contributed by atoms with E-state index in [0.717, 1.165) is 17.1 Å². The first kappa shape index (κ1) is 13.1. The van der Waals surface area contributed by atoms with E-state index in [4.69, 9.17) is 11.6 Å². The van der Waals surface area contributed by atoms with E-state index in [1.165, 1.54) is 6.33 Å². The molecule has 0 saturated heterocycles. The fourth-order valence-electron chi connectivity index (χ4n) is 1.93. The number of halogens is 1. The lowest BCUT2D eigenvalue weighted by atomic mass is 10.2. The van der Waals surface area contributed by atoms with E-state index < -0.39 is 0 Å². The second-order valence-electron chi connectivity index (χ2n) is 4.26. The van der Waals surface area contributed by atoms with Crippen molar-refractivity contribution in [2.24, 2.45) is 0 Å². The fraction of sp³-hybridized carbons (Fsp3) is 0.154. The van der Waals surface area contributed by atoms with Crippen molar-refractivity contribution < 1.29 is 0 Å². The highest BCUT2D eigenvalue weighted by Gasteiger charge is 2.14. The summed E-state index contributed by atoms with van der Waals surface area (Å²) < 4.78 is 1.65. The predicted octanol–water partition coefficient (Wildman–Crippen LogP) is 3.55. The molecule has 3 rings (SSSR count). The molecule has 7 heteroatoms. The van der Waals surface area contributed by atoms with Crippen LogP contribution < -0.4 is 5.32 Å². The van der Waals surface area contributed by atoms with Gasteiger partial charge in [-0.2, -0.15) is 5.10 Å². The highest BCUT2D eigenvalue weighted by molar-refractivity contribution is 7.07.